The fourth-order valence-corrected chi connectivity index (χ4v) is 1.66. The van der Waals surface area contributed by atoms with E-state index in [1.165, 1.54) is 0 Å². The molecule has 0 saturated heterocycles. The molecule has 0 bridgehead atoms. The zero-order valence-electron chi connectivity index (χ0n) is 10.5. The van der Waals surface area contributed by atoms with Gasteiger partial charge in [-0.25, -0.2) is 0 Å². The summed E-state index contributed by atoms with van der Waals surface area (Å²) in [7, 11) is 0. The van der Waals surface area contributed by atoms with Gasteiger partial charge in [-0.05, 0) is 25.1 Å². The first-order valence-electron chi connectivity index (χ1n) is 5.77. The third kappa shape index (κ3) is 3.14. The summed E-state index contributed by atoms with van der Waals surface area (Å²) in [6, 6.07) is 7.53. The van der Waals surface area contributed by atoms with Crippen molar-refractivity contribution in [2.45, 2.75) is 13.1 Å². The quantitative estimate of drug-likeness (QED) is 0.912. The number of aromatic nitrogens is 1. The predicted octanol–water partition coefficient (Wildman–Crippen LogP) is 3.66. The molecule has 0 spiro atoms. The largest absolute Gasteiger partial charge is 0.417 e. The van der Waals surface area contributed by atoms with Crippen LogP contribution in [0.2, 0.25) is 0 Å². The van der Waals surface area contributed by atoms with E-state index in [0.717, 1.165) is 24.0 Å². The molecule has 0 aliphatic heterocycles. The second-order valence-corrected chi connectivity index (χ2v) is 4.24. The number of alkyl halides is 3. The van der Waals surface area contributed by atoms with Crippen molar-refractivity contribution in [1.82, 2.24) is 4.98 Å². The Morgan fingerprint density at radius 1 is 1.15 bits per heavy atom. The maximum absolute atomic E-state index is 12.8. The Morgan fingerprint density at radius 3 is 2.40 bits per heavy atom. The van der Waals surface area contributed by atoms with E-state index in [-0.39, 0.29) is 0 Å². The maximum atomic E-state index is 12.8. The van der Waals surface area contributed by atoms with Crippen molar-refractivity contribution in [1.29, 1.82) is 0 Å². The normalized spacial score (nSPS) is 11.2. The first-order valence-corrected chi connectivity index (χ1v) is 5.77. The first-order chi connectivity index (χ1) is 9.38. The van der Waals surface area contributed by atoms with Crippen LogP contribution in [0.1, 0.15) is 21.5 Å². The summed E-state index contributed by atoms with van der Waals surface area (Å²) >= 11 is 0. The maximum Gasteiger partial charge on any atom is 0.417 e. The second-order valence-electron chi connectivity index (χ2n) is 4.24. The Hall–Kier alpha value is -2.37. The van der Waals surface area contributed by atoms with Gasteiger partial charge in [0.15, 0.2) is 0 Å². The lowest BCUT2D eigenvalue weighted by atomic mass is 10.1. The zero-order chi connectivity index (χ0) is 14.8. The fraction of sp³-hybridized carbons (Fsp3) is 0.143. The van der Waals surface area contributed by atoms with Crippen LogP contribution in [0, 0.1) is 6.92 Å². The second kappa shape index (κ2) is 5.32. The third-order valence-electron chi connectivity index (χ3n) is 2.68. The number of hydrogen-bond donors (Lipinski definition) is 1. The highest BCUT2D eigenvalue weighted by Gasteiger charge is 2.35. The molecule has 0 aliphatic rings. The highest BCUT2D eigenvalue weighted by Crippen LogP contribution is 2.31. The number of nitrogens with one attached hydrogen (secondary N) is 1. The molecule has 0 fully saturated rings. The highest BCUT2D eigenvalue weighted by molar-refractivity contribution is 6.05. The number of carbonyl (C=O) groups is 1. The lowest BCUT2D eigenvalue weighted by molar-refractivity contribution is -0.137. The van der Waals surface area contributed by atoms with Crippen LogP contribution in [0.5, 0.6) is 0 Å². The molecule has 1 amide bonds. The molecule has 1 aromatic heterocycles. The average molecular weight is 280 g/mol. The molecular weight excluding hydrogens is 269 g/mol. The van der Waals surface area contributed by atoms with Gasteiger partial charge in [-0.2, -0.15) is 13.2 Å². The lowest BCUT2D eigenvalue weighted by Crippen LogP contribution is -2.19. The van der Waals surface area contributed by atoms with Gasteiger partial charge in [0.2, 0.25) is 0 Å². The van der Waals surface area contributed by atoms with Crippen LogP contribution in [0.15, 0.2) is 42.7 Å². The van der Waals surface area contributed by atoms with Crippen LogP contribution >= 0.6 is 0 Å². The van der Waals surface area contributed by atoms with Gasteiger partial charge in [0.25, 0.3) is 5.91 Å². The summed E-state index contributed by atoms with van der Waals surface area (Å²) in [5.74, 6) is -0.839. The Labute approximate surface area is 113 Å². The van der Waals surface area contributed by atoms with Crippen LogP contribution < -0.4 is 5.32 Å². The SMILES string of the molecule is Cc1ccc(NC(=O)c2cnccc2C(F)(F)F)cc1. The van der Waals surface area contributed by atoms with Crippen molar-refractivity contribution < 1.29 is 18.0 Å². The van der Waals surface area contributed by atoms with E-state index in [4.69, 9.17) is 0 Å². The minimum absolute atomic E-state index is 0.428. The molecule has 0 saturated carbocycles. The molecule has 20 heavy (non-hydrogen) atoms. The van der Waals surface area contributed by atoms with Crippen molar-refractivity contribution in [2.24, 2.45) is 0 Å². The number of carbonyl (C=O) groups excluding carboxylic acids is 1. The number of rotatable bonds is 2. The van der Waals surface area contributed by atoms with Crippen molar-refractivity contribution in [3.05, 3.63) is 59.4 Å². The number of anilines is 1. The molecule has 1 N–H and O–H groups in total. The Balaban J connectivity index is 2.28. The van der Waals surface area contributed by atoms with Gasteiger partial charge >= 0.3 is 6.18 Å². The third-order valence-corrected chi connectivity index (χ3v) is 2.68. The highest BCUT2D eigenvalue weighted by atomic mass is 19.4. The van der Waals surface area contributed by atoms with Gasteiger partial charge in [0, 0.05) is 18.1 Å². The minimum atomic E-state index is -4.59. The molecule has 0 unspecified atom stereocenters. The molecular formula is C14H11F3N2O. The number of amides is 1. The first kappa shape index (κ1) is 14.0. The number of hydrogen-bond acceptors (Lipinski definition) is 2. The van der Waals surface area contributed by atoms with Crippen molar-refractivity contribution in [2.75, 3.05) is 5.32 Å². The predicted molar refractivity (Wildman–Crippen MR) is 68.4 cm³/mol. The molecule has 1 aromatic carbocycles. The van der Waals surface area contributed by atoms with Crippen LogP contribution in [0.25, 0.3) is 0 Å². The molecule has 2 aromatic rings. The van der Waals surface area contributed by atoms with E-state index in [1.807, 2.05) is 6.92 Å². The average Bonchev–Trinajstić information content (AvgIpc) is 2.40. The number of pyridine rings is 1. The Kier molecular flexibility index (Phi) is 3.74. The summed E-state index contributed by atoms with van der Waals surface area (Å²) in [5, 5.41) is 2.42. The van der Waals surface area contributed by atoms with Crippen molar-refractivity contribution in [3.8, 4) is 0 Å². The standard InChI is InChI=1S/C14H11F3N2O/c1-9-2-4-10(5-3-9)19-13(20)11-8-18-7-6-12(11)14(15,16)17/h2-8H,1H3,(H,19,20). The van der Waals surface area contributed by atoms with Crippen molar-refractivity contribution >= 4 is 11.6 Å². The van der Waals surface area contributed by atoms with Gasteiger partial charge in [0.05, 0.1) is 11.1 Å². The smallest absolute Gasteiger partial charge is 0.322 e. The zero-order valence-corrected chi connectivity index (χ0v) is 10.5. The molecule has 6 heteroatoms. The van der Waals surface area contributed by atoms with Crippen LogP contribution in [0.4, 0.5) is 18.9 Å². The molecule has 0 atom stereocenters. The van der Waals surface area contributed by atoms with Gasteiger partial charge in [-0.1, -0.05) is 17.7 Å². The van der Waals surface area contributed by atoms with Gasteiger partial charge in [0.1, 0.15) is 0 Å². The summed E-state index contributed by atoms with van der Waals surface area (Å²) in [6.07, 6.45) is -2.68. The van der Waals surface area contributed by atoms with E-state index in [2.05, 4.69) is 10.3 Å². The van der Waals surface area contributed by atoms with E-state index < -0.39 is 23.2 Å². The van der Waals surface area contributed by atoms with Gasteiger partial charge < -0.3 is 5.32 Å². The molecule has 2 rings (SSSR count). The van der Waals surface area contributed by atoms with Crippen LogP contribution in [-0.2, 0) is 6.18 Å². The lowest BCUT2D eigenvalue weighted by Gasteiger charge is -2.12. The molecule has 0 radical (unpaired) electrons. The summed E-state index contributed by atoms with van der Waals surface area (Å²) < 4.78 is 38.4. The van der Waals surface area contributed by atoms with E-state index in [9.17, 15) is 18.0 Å². The fourth-order valence-electron chi connectivity index (χ4n) is 1.66. The molecule has 0 aliphatic carbocycles. The van der Waals surface area contributed by atoms with Gasteiger partial charge in [-0.15, -0.1) is 0 Å². The summed E-state index contributed by atoms with van der Waals surface area (Å²) in [6.45, 7) is 1.87. The topological polar surface area (TPSA) is 42.0 Å². The van der Waals surface area contributed by atoms with Gasteiger partial charge in [-0.3, -0.25) is 9.78 Å². The van der Waals surface area contributed by atoms with E-state index in [1.54, 1.807) is 24.3 Å². The molecule has 3 nitrogen and oxygen atoms in total. The summed E-state index contributed by atoms with van der Waals surface area (Å²) in [4.78, 5) is 15.5. The minimum Gasteiger partial charge on any atom is -0.322 e. The van der Waals surface area contributed by atoms with Crippen molar-refractivity contribution in [3.63, 3.8) is 0 Å². The Bertz CT molecular complexity index is 621. The number of halogens is 3. The monoisotopic (exact) mass is 280 g/mol. The van der Waals surface area contributed by atoms with E-state index >= 15 is 0 Å². The van der Waals surface area contributed by atoms with E-state index in [0.29, 0.717) is 5.69 Å². The number of aryl methyl sites for hydroxylation is 1. The number of nitrogens with zero attached hydrogens (tertiary/aromatic N) is 1. The Morgan fingerprint density at radius 2 is 1.80 bits per heavy atom. The van der Waals surface area contributed by atoms with Crippen LogP contribution in [0.3, 0.4) is 0 Å². The molecule has 1 heterocycles. The number of benzene rings is 1. The van der Waals surface area contributed by atoms with Crippen LogP contribution in [-0.4, -0.2) is 10.9 Å². The molecule has 104 valence electrons. The summed E-state index contributed by atoms with van der Waals surface area (Å²) in [5.41, 5.74) is -0.0874.